The zero-order valence-corrected chi connectivity index (χ0v) is 19.1. The van der Waals surface area contributed by atoms with Crippen LogP contribution in [0.25, 0.3) is 10.9 Å². The molecule has 0 aliphatic heterocycles. The number of hydrogen-bond donors (Lipinski definition) is 2. The Balaban J connectivity index is 1.62. The van der Waals surface area contributed by atoms with E-state index in [4.69, 9.17) is 0 Å². The molecule has 2 aliphatic carbocycles. The fraction of sp³-hybridized carbons (Fsp3) is 0.538. The highest BCUT2D eigenvalue weighted by Gasteiger charge is 2.40. The number of H-pyrrole nitrogens is 1. The van der Waals surface area contributed by atoms with Crippen molar-refractivity contribution in [2.45, 2.75) is 76.3 Å². The number of aldehydes is 1. The zero-order chi connectivity index (χ0) is 23.2. The van der Waals surface area contributed by atoms with Crippen LogP contribution in [-0.2, 0) is 14.4 Å². The lowest BCUT2D eigenvalue weighted by Gasteiger charge is -2.37. The summed E-state index contributed by atoms with van der Waals surface area (Å²) in [6, 6.07) is 6.56. The van der Waals surface area contributed by atoms with Crippen molar-refractivity contribution in [1.29, 1.82) is 0 Å². The minimum absolute atomic E-state index is 0.0537. The molecule has 1 heterocycles. The van der Waals surface area contributed by atoms with E-state index in [1.54, 1.807) is 6.07 Å². The third-order valence-corrected chi connectivity index (χ3v) is 7.21. The normalized spacial score (nSPS) is 18.5. The highest BCUT2D eigenvalue weighted by Crippen LogP contribution is 2.30. The van der Waals surface area contributed by atoms with Crippen molar-refractivity contribution < 1.29 is 19.2 Å². The number of benzene rings is 1. The molecule has 1 aromatic heterocycles. The van der Waals surface area contributed by atoms with Gasteiger partial charge >= 0.3 is 0 Å². The molecule has 1 unspecified atom stereocenters. The highest BCUT2D eigenvalue weighted by atomic mass is 16.2. The third-order valence-electron chi connectivity index (χ3n) is 7.21. The standard InChI is InChI=1S/C26H33N3O4/c30-16-15-29(26(33)24(31)21-17-27-22-14-8-7-13-20(21)22)23(18-9-3-1-4-10-18)25(32)28-19-11-5-2-6-12-19/h7-8,13-14,16-19,23,27H,1-6,9-12,15H2,(H,28,32). The first-order valence-corrected chi connectivity index (χ1v) is 12.3. The van der Waals surface area contributed by atoms with Gasteiger partial charge in [-0.25, -0.2) is 0 Å². The Kier molecular flexibility index (Phi) is 7.57. The molecule has 0 bridgehead atoms. The fourth-order valence-electron chi connectivity index (χ4n) is 5.50. The largest absolute Gasteiger partial charge is 0.360 e. The Morgan fingerprint density at radius 1 is 1.00 bits per heavy atom. The second-order valence-corrected chi connectivity index (χ2v) is 9.39. The number of carbonyl (C=O) groups is 4. The number of aromatic nitrogens is 1. The predicted octanol–water partition coefficient (Wildman–Crippen LogP) is 3.78. The molecule has 33 heavy (non-hydrogen) atoms. The first-order valence-electron chi connectivity index (χ1n) is 12.3. The van der Waals surface area contributed by atoms with E-state index in [0.29, 0.717) is 11.7 Å². The Bertz CT molecular complexity index is 1000. The van der Waals surface area contributed by atoms with Crippen LogP contribution in [-0.4, -0.2) is 52.4 Å². The molecule has 2 fully saturated rings. The summed E-state index contributed by atoms with van der Waals surface area (Å²) in [6.07, 6.45) is 12.0. The number of nitrogens with one attached hydrogen (secondary N) is 2. The Labute approximate surface area is 194 Å². The summed E-state index contributed by atoms with van der Waals surface area (Å²) in [5.41, 5.74) is 1.02. The van der Waals surface area contributed by atoms with Crippen LogP contribution in [0.5, 0.6) is 0 Å². The molecule has 0 saturated heterocycles. The van der Waals surface area contributed by atoms with Crippen molar-refractivity contribution in [3.05, 3.63) is 36.0 Å². The van der Waals surface area contributed by atoms with E-state index in [1.807, 2.05) is 18.2 Å². The van der Waals surface area contributed by atoms with E-state index in [-0.39, 0.29) is 30.0 Å². The van der Waals surface area contributed by atoms with Gasteiger partial charge in [0.15, 0.2) is 0 Å². The van der Waals surface area contributed by atoms with Gasteiger partial charge in [0.2, 0.25) is 5.91 Å². The molecule has 176 valence electrons. The first kappa shape index (κ1) is 23.2. The summed E-state index contributed by atoms with van der Waals surface area (Å²) in [6.45, 7) is -0.272. The Morgan fingerprint density at radius 3 is 2.36 bits per heavy atom. The van der Waals surface area contributed by atoms with E-state index in [0.717, 1.165) is 63.3 Å². The summed E-state index contributed by atoms with van der Waals surface area (Å²) in [4.78, 5) is 56.1. The van der Waals surface area contributed by atoms with Crippen LogP contribution in [0.3, 0.4) is 0 Å². The van der Waals surface area contributed by atoms with Crippen LogP contribution < -0.4 is 5.32 Å². The van der Waals surface area contributed by atoms with Crippen molar-refractivity contribution in [2.24, 2.45) is 5.92 Å². The maximum Gasteiger partial charge on any atom is 0.296 e. The molecule has 7 nitrogen and oxygen atoms in total. The molecule has 2 N–H and O–H groups in total. The quantitative estimate of drug-likeness (QED) is 0.362. The van der Waals surface area contributed by atoms with Gasteiger partial charge in [-0.1, -0.05) is 56.7 Å². The molecule has 2 aliphatic rings. The molecule has 2 amide bonds. The first-order chi connectivity index (χ1) is 16.1. The van der Waals surface area contributed by atoms with Gasteiger partial charge in [0.25, 0.3) is 11.7 Å². The summed E-state index contributed by atoms with van der Waals surface area (Å²) < 4.78 is 0. The van der Waals surface area contributed by atoms with Gasteiger partial charge < -0.3 is 20.0 Å². The minimum Gasteiger partial charge on any atom is -0.360 e. The van der Waals surface area contributed by atoms with Crippen molar-refractivity contribution >= 4 is 34.8 Å². The third kappa shape index (κ3) is 5.18. The molecule has 0 spiro atoms. The topological polar surface area (TPSA) is 99.3 Å². The van der Waals surface area contributed by atoms with E-state index >= 15 is 0 Å². The monoisotopic (exact) mass is 451 g/mol. The van der Waals surface area contributed by atoms with E-state index < -0.39 is 17.7 Å². The van der Waals surface area contributed by atoms with E-state index in [1.165, 1.54) is 17.5 Å². The maximum atomic E-state index is 13.5. The average Bonchev–Trinajstić information content (AvgIpc) is 3.28. The molecule has 0 radical (unpaired) electrons. The van der Waals surface area contributed by atoms with Crippen LogP contribution in [0.15, 0.2) is 30.5 Å². The Morgan fingerprint density at radius 2 is 1.67 bits per heavy atom. The molecule has 1 aromatic carbocycles. The summed E-state index contributed by atoms with van der Waals surface area (Å²) in [5, 5.41) is 3.80. The number of Topliss-reactive ketones (excluding diaryl/α,β-unsaturated/α-hetero) is 1. The number of rotatable bonds is 8. The van der Waals surface area contributed by atoms with Crippen LogP contribution in [0.4, 0.5) is 0 Å². The van der Waals surface area contributed by atoms with Gasteiger partial charge in [0, 0.05) is 23.1 Å². The summed E-state index contributed by atoms with van der Waals surface area (Å²) >= 11 is 0. The number of aromatic amines is 1. The maximum absolute atomic E-state index is 13.5. The van der Waals surface area contributed by atoms with Gasteiger partial charge in [-0.2, -0.15) is 0 Å². The van der Waals surface area contributed by atoms with E-state index in [9.17, 15) is 19.2 Å². The molecular weight excluding hydrogens is 418 g/mol. The predicted molar refractivity (Wildman–Crippen MR) is 126 cm³/mol. The van der Waals surface area contributed by atoms with Crippen molar-refractivity contribution in [3.63, 3.8) is 0 Å². The lowest BCUT2D eigenvalue weighted by Crippen LogP contribution is -2.57. The van der Waals surface area contributed by atoms with Crippen LogP contribution >= 0.6 is 0 Å². The van der Waals surface area contributed by atoms with Gasteiger partial charge in [-0.3, -0.25) is 14.4 Å². The Hall–Kier alpha value is -2.96. The van der Waals surface area contributed by atoms with Crippen molar-refractivity contribution in [1.82, 2.24) is 15.2 Å². The minimum atomic E-state index is -0.806. The second-order valence-electron chi connectivity index (χ2n) is 9.39. The van der Waals surface area contributed by atoms with Crippen LogP contribution in [0.2, 0.25) is 0 Å². The van der Waals surface area contributed by atoms with Gasteiger partial charge in [0.05, 0.1) is 12.1 Å². The number of para-hydroxylation sites is 1. The van der Waals surface area contributed by atoms with Gasteiger partial charge in [0.1, 0.15) is 12.3 Å². The molecule has 7 heteroatoms. The number of amides is 2. The average molecular weight is 452 g/mol. The van der Waals surface area contributed by atoms with Crippen molar-refractivity contribution in [2.75, 3.05) is 6.54 Å². The number of fused-ring (bicyclic) bond motifs is 1. The number of carbonyl (C=O) groups excluding carboxylic acids is 4. The number of nitrogens with zero attached hydrogens (tertiary/aromatic N) is 1. The highest BCUT2D eigenvalue weighted by molar-refractivity contribution is 6.45. The van der Waals surface area contributed by atoms with Crippen LogP contribution in [0, 0.1) is 5.92 Å². The fourth-order valence-corrected chi connectivity index (χ4v) is 5.50. The summed E-state index contributed by atoms with van der Waals surface area (Å²) in [5.74, 6) is -1.76. The lowest BCUT2D eigenvalue weighted by molar-refractivity contribution is -0.141. The zero-order valence-electron chi connectivity index (χ0n) is 19.1. The molecular formula is C26H33N3O4. The molecule has 4 rings (SSSR count). The number of hydrogen-bond acceptors (Lipinski definition) is 4. The SMILES string of the molecule is O=CCN(C(=O)C(=O)c1c[nH]c2ccccc12)C(C(=O)NC1CCCCC1)C1CCCCC1. The van der Waals surface area contributed by atoms with Crippen LogP contribution in [0.1, 0.15) is 74.6 Å². The van der Waals surface area contributed by atoms with Gasteiger partial charge in [-0.15, -0.1) is 0 Å². The molecule has 1 atom stereocenters. The van der Waals surface area contributed by atoms with E-state index in [2.05, 4.69) is 10.3 Å². The molecule has 2 aromatic rings. The smallest absolute Gasteiger partial charge is 0.296 e. The molecule has 2 saturated carbocycles. The van der Waals surface area contributed by atoms with Gasteiger partial charge in [-0.05, 0) is 37.7 Å². The summed E-state index contributed by atoms with van der Waals surface area (Å²) in [7, 11) is 0. The second kappa shape index (κ2) is 10.8. The number of ketones is 1. The lowest BCUT2D eigenvalue weighted by atomic mass is 9.82. The van der Waals surface area contributed by atoms with Crippen molar-refractivity contribution in [3.8, 4) is 0 Å².